The lowest BCUT2D eigenvalue weighted by Crippen LogP contribution is -2.17. The van der Waals surface area contributed by atoms with E-state index in [-0.39, 0.29) is 13.2 Å². The molecule has 0 amide bonds. The highest BCUT2D eigenvalue weighted by molar-refractivity contribution is 5.95. The van der Waals surface area contributed by atoms with Gasteiger partial charge in [-0.15, -0.1) is 0 Å². The molecule has 3 aromatic rings. The maximum Gasteiger partial charge on any atom is 0.337 e. The molecule has 0 saturated heterocycles. The highest BCUT2D eigenvalue weighted by Crippen LogP contribution is 2.27. The summed E-state index contributed by atoms with van der Waals surface area (Å²) in [7, 11) is 0. The minimum Gasteiger partial charge on any atom is -0.488 e. The van der Waals surface area contributed by atoms with Gasteiger partial charge in [-0.05, 0) is 49.2 Å². The Hall–Kier alpha value is -3.34. The van der Waals surface area contributed by atoms with Crippen LogP contribution in [-0.4, -0.2) is 12.6 Å². The molecule has 0 bridgehead atoms. The minimum absolute atomic E-state index is 0.0115. The van der Waals surface area contributed by atoms with Crippen LogP contribution in [0.1, 0.15) is 22.3 Å². The monoisotopic (exact) mass is 362 g/mol. The van der Waals surface area contributed by atoms with E-state index in [4.69, 9.17) is 13.9 Å². The Morgan fingerprint density at radius 3 is 2.74 bits per heavy atom. The predicted octanol–water partition coefficient (Wildman–Crippen LogP) is 3.93. The summed E-state index contributed by atoms with van der Waals surface area (Å²) in [6.07, 6.45) is 1.77. The van der Waals surface area contributed by atoms with Crippen molar-refractivity contribution in [1.29, 1.82) is 0 Å². The largest absolute Gasteiger partial charge is 0.488 e. The zero-order valence-electron chi connectivity index (χ0n) is 15.1. The van der Waals surface area contributed by atoms with Gasteiger partial charge in [0.15, 0.2) is 0 Å². The van der Waals surface area contributed by atoms with Crippen LogP contribution in [0.3, 0.4) is 0 Å². The van der Waals surface area contributed by atoms with E-state index in [0.717, 1.165) is 27.8 Å². The minimum atomic E-state index is -0.467. The number of para-hydroxylation sites is 1. The van der Waals surface area contributed by atoms with Crippen molar-refractivity contribution in [1.82, 2.24) is 0 Å². The SMILES string of the molecule is Cc1cc2oc(=O)cc(COC(=O)C3=Cc4ccccc4OC3)c2cc1C. The van der Waals surface area contributed by atoms with Crippen molar-refractivity contribution in [2.45, 2.75) is 20.5 Å². The van der Waals surface area contributed by atoms with E-state index in [9.17, 15) is 9.59 Å². The summed E-state index contributed by atoms with van der Waals surface area (Å²) in [4.78, 5) is 24.3. The van der Waals surface area contributed by atoms with Crippen LogP contribution in [0.25, 0.3) is 17.0 Å². The molecule has 4 rings (SSSR count). The Morgan fingerprint density at radius 2 is 1.89 bits per heavy atom. The zero-order valence-corrected chi connectivity index (χ0v) is 15.1. The Bertz CT molecular complexity index is 1140. The van der Waals surface area contributed by atoms with Crippen molar-refractivity contribution in [2.24, 2.45) is 0 Å². The number of benzene rings is 2. The molecule has 0 fully saturated rings. The van der Waals surface area contributed by atoms with Gasteiger partial charge in [0, 0.05) is 22.6 Å². The average molecular weight is 362 g/mol. The first-order chi connectivity index (χ1) is 13.0. The number of aryl methyl sites for hydroxylation is 2. The third kappa shape index (κ3) is 3.36. The summed E-state index contributed by atoms with van der Waals surface area (Å²) in [6, 6.07) is 12.6. The van der Waals surface area contributed by atoms with Crippen molar-refractivity contribution in [3.8, 4) is 5.75 Å². The number of fused-ring (bicyclic) bond motifs is 2. The molecule has 0 radical (unpaired) electrons. The summed E-state index contributed by atoms with van der Waals surface area (Å²) in [6.45, 7) is 4.08. The molecule has 0 aliphatic carbocycles. The van der Waals surface area contributed by atoms with Crippen LogP contribution in [0, 0.1) is 13.8 Å². The standard InChI is InChI=1S/C22H18O5/c1-13-7-18-16(10-21(23)27-20(18)8-14(13)2)11-26-22(24)17-9-15-5-3-4-6-19(15)25-12-17/h3-10H,11-12H2,1-2H3. The number of esters is 1. The maximum absolute atomic E-state index is 12.5. The van der Waals surface area contributed by atoms with E-state index in [2.05, 4.69) is 0 Å². The fourth-order valence-electron chi connectivity index (χ4n) is 3.07. The Morgan fingerprint density at radius 1 is 1.11 bits per heavy atom. The predicted molar refractivity (Wildman–Crippen MR) is 102 cm³/mol. The average Bonchev–Trinajstić information content (AvgIpc) is 2.67. The fourth-order valence-corrected chi connectivity index (χ4v) is 3.07. The van der Waals surface area contributed by atoms with Crippen molar-refractivity contribution < 1.29 is 18.7 Å². The molecule has 136 valence electrons. The fraction of sp³-hybridized carbons (Fsp3) is 0.182. The van der Waals surface area contributed by atoms with E-state index in [1.807, 2.05) is 50.2 Å². The first-order valence-electron chi connectivity index (χ1n) is 8.65. The number of hydrogen-bond acceptors (Lipinski definition) is 5. The highest BCUT2D eigenvalue weighted by Gasteiger charge is 2.19. The first-order valence-corrected chi connectivity index (χ1v) is 8.65. The van der Waals surface area contributed by atoms with Gasteiger partial charge in [-0.25, -0.2) is 9.59 Å². The molecule has 0 spiro atoms. The van der Waals surface area contributed by atoms with Crippen molar-refractivity contribution >= 4 is 23.0 Å². The summed E-state index contributed by atoms with van der Waals surface area (Å²) < 4.78 is 16.3. The van der Waals surface area contributed by atoms with Gasteiger partial charge in [0.05, 0.1) is 5.57 Å². The van der Waals surface area contributed by atoms with Gasteiger partial charge < -0.3 is 13.9 Å². The molecule has 0 unspecified atom stereocenters. The number of carbonyl (C=O) groups is 1. The van der Waals surface area contributed by atoms with E-state index in [1.165, 1.54) is 6.07 Å². The third-order valence-corrected chi connectivity index (χ3v) is 4.70. The van der Waals surface area contributed by atoms with Crippen LogP contribution in [0.4, 0.5) is 0 Å². The van der Waals surface area contributed by atoms with Gasteiger partial charge in [0.2, 0.25) is 0 Å². The number of carbonyl (C=O) groups excluding carboxylic acids is 1. The molecule has 2 heterocycles. The molecule has 27 heavy (non-hydrogen) atoms. The summed E-state index contributed by atoms with van der Waals surface area (Å²) in [5.74, 6) is 0.279. The van der Waals surface area contributed by atoms with E-state index in [1.54, 1.807) is 6.08 Å². The second kappa shape index (κ2) is 6.76. The van der Waals surface area contributed by atoms with Gasteiger partial charge in [-0.1, -0.05) is 18.2 Å². The van der Waals surface area contributed by atoms with Gasteiger partial charge >= 0.3 is 11.6 Å². The Balaban J connectivity index is 1.59. The molecule has 1 aliphatic rings. The number of ether oxygens (including phenoxy) is 2. The topological polar surface area (TPSA) is 65.7 Å². The highest BCUT2D eigenvalue weighted by atomic mass is 16.5. The van der Waals surface area contributed by atoms with E-state index < -0.39 is 11.6 Å². The molecule has 1 aliphatic heterocycles. The molecule has 1 aromatic heterocycles. The lowest BCUT2D eigenvalue weighted by atomic mass is 10.0. The van der Waals surface area contributed by atoms with Crippen molar-refractivity contribution in [3.05, 3.63) is 80.7 Å². The van der Waals surface area contributed by atoms with Crippen LogP contribution < -0.4 is 10.4 Å². The number of rotatable bonds is 3. The van der Waals surface area contributed by atoms with Crippen LogP contribution in [0.5, 0.6) is 5.75 Å². The summed E-state index contributed by atoms with van der Waals surface area (Å²) in [5.41, 5.74) is 4.03. The lowest BCUT2D eigenvalue weighted by molar-refractivity contribution is -0.140. The second-order valence-corrected chi connectivity index (χ2v) is 6.60. The van der Waals surface area contributed by atoms with Crippen LogP contribution in [-0.2, 0) is 16.1 Å². The van der Waals surface area contributed by atoms with Gasteiger partial charge in [-0.3, -0.25) is 0 Å². The molecule has 5 heteroatoms. The lowest BCUT2D eigenvalue weighted by Gasteiger charge is -2.17. The summed E-state index contributed by atoms with van der Waals surface area (Å²) >= 11 is 0. The van der Waals surface area contributed by atoms with E-state index >= 15 is 0 Å². The van der Waals surface area contributed by atoms with Gasteiger partial charge in [0.1, 0.15) is 24.5 Å². The van der Waals surface area contributed by atoms with Crippen LogP contribution >= 0.6 is 0 Å². The molecule has 0 saturated carbocycles. The van der Waals surface area contributed by atoms with Gasteiger partial charge in [0.25, 0.3) is 0 Å². The first kappa shape index (κ1) is 17.1. The Labute approximate surface area is 155 Å². The van der Waals surface area contributed by atoms with Crippen LogP contribution in [0.15, 0.2) is 57.2 Å². The van der Waals surface area contributed by atoms with Crippen molar-refractivity contribution in [2.75, 3.05) is 6.61 Å². The van der Waals surface area contributed by atoms with Crippen molar-refractivity contribution in [3.63, 3.8) is 0 Å². The normalized spacial score (nSPS) is 12.9. The molecular formula is C22H18O5. The zero-order chi connectivity index (χ0) is 19.0. The molecule has 2 aromatic carbocycles. The quantitative estimate of drug-likeness (QED) is 0.522. The van der Waals surface area contributed by atoms with E-state index in [0.29, 0.717) is 16.7 Å². The smallest absolute Gasteiger partial charge is 0.337 e. The number of hydrogen-bond donors (Lipinski definition) is 0. The molecule has 5 nitrogen and oxygen atoms in total. The second-order valence-electron chi connectivity index (χ2n) is 6.60. The molecule has 0 N–H and O–H groups in total. The molecule has 0 atom stereocenters. The van der Waals surface area contributed by atoms with Crippen LogP contribution in [0.2, 0.25) is 0 Å². The maximum atomic E-state index is 12.5. The third-order valence-electron chi connectivity index (χ3n) is 4.70. The Kier molecular flexibility index (Phi) is 4.28. The molecular weight excluding hydrogens is 344 g/mol. The summed E-state index contributed by atoms with van der Waals surface area (Å²) in [5, 5.41) is 0.768. The van der Waals surface area contributed by atoms with Gasteiger partial charge in [-0.2, -0.15) is 0 Å².